The van der Waals surface area contributed by atoms with Gasteiger partial charge in [0.05, 0.1) is 0 Å². The summed E-state index contributed by atoms with van der Waals surface area (Å²) in [7, 11) is 1.81. The van der Waals surface area contributed by atoms with Crippen LogP contribution in [0.1, 0.15) is 37.7 Å². The molecular weight excluding hydrogens is 314 g/mol. The Morgan fingerprint density at radius 2 is 1.96 bits per heavy atom. The number of nitrogens with one attached hydrogen (secondary N) is 1. The van der Waals surface area contributed by atoms with E-state index in [1.165, 1.54) is 18.4 Å². The fourth-order valence-corrected chi connectivity index (χ4v) is 3.85. The number of nitrogens with zero attached hydrogens (tertiary/aromatic N) is 2. The van der Waals surface area contributed by atoms with Crippen LogP contribution in [0.3, 0.4) is 0 Å². The van der Waals surface area contributed by atoms with Crippen molar-refractivity contribution in [2.45, 2.75) is 44.7 Å². The van der Waals surface area contributed by atoms with Crippen molar-refractivity contribution in [2.75, 3.05) is 26.7 Å². The second-order valence-electron chi connectivity index (χ2n) is 7.36. The molecule has 0 radical (unpaired) electrons. The normalized spacial score (nSPS) is 25.0. The van der Waals surface area contributed by atoms with E-state index in [9.17, 15) is 9.59 Å². The van der Waals surface area contributed by atoms with Crippen LogP contribution >= 0.6 is 0 Å². The van der Waals surface area contributed by atoms with Crippen molar-refractivity contribution < 1.29 is 9.59 Å². The van der Waals surface area contributed by atoms with Crippen molar-refractivity contribution in [3.8, 4) is 0 Å². The fraction of sp³-hybridized carbons (Fsp3) is 0.600. The average molecular weight is 343 g/mol. The van der Waals surface area contributed by atoms with Gasteiger partial charge < -0.3 is 10.2 Å². The van der Waals surface area contributed by atoms with Crippen LogP contribution in [0.15, 0.2) is 30.3 Å². The van der Waals surface area contributed by atoms with Crippen LogP contribution in [0.25, 0.3) is 0 Å². The van der Waals surface area contributed by atoms with Crippen LogP contribution in [0.2, 0.25) is 0 Å². The summed E-state index contributed by atoms with van der Waals surface area (Å²) in [4.78, 5) is 28.5. The maximum atomic E-state index is 12.5. The lowest BCUT2D eigenvalue weighted by atomic mass is 9.95. The minimum absolute atomic E-state index is 0.0479. The molecule has 0 bridgehead atoms. The van der Waals surface area contributed by atoms with E-state index in [1.54, 1.807) is 11.9 Å². The van der Waals surface area contributed by atoms with Gasteiger partial charge in [-0.15, -0.1) is 0 Å². The molecule has 2 atom stereocenters. The van der Waals surface area contributed by atoms with Gasteiger partial charge in [0.25, 0.3) is 0 Å². The number of piperidine rings is 2. The van der Waals surface area contributed by atoms with Crippen LogP contribution in [0.4, 0.5) is 0 Å². The molecule has 0 saturated carbocycles. The zero-order valence-electron chi connectivity index (χ0n) is 15.1. The lowest BCUT2D eigenvalue weighted by Crippen LogP contribution is -2.48. The molecule has 136 valence electrons. The molecular formula is C20H29N3O2. The summed E-state index contributed by atoms with van der Waals surface area (Å²) in [5.74, 6) is -0.0312. The van der Waals surface area contributed by atoms with Crippen molar-refractivity contribution in [3.63, 3.8) is 0 Å². The molecule has 2 aliphatic rings. The van der Waals surface area contributed by atoms with E-state index >= 15 is 0 Å². The molecule has 0 aromatic heterocycles. The predicted octanol–water partition coefficient (Wildman–Crippen LogP) is 2.03. The monoisotopic (exact) mass is 343 g/mol. The molecule has 2 saturated heterocycles. The second kappa shape index (κ2) is 8.48. The molecule has 2 fully saturated rings. The third-order valence-electron chi connectivity index (χ3n) is 5.52. The Kier molecular flexibility index (Phi) is 6.08. The summed E-state index contributed by atoms with van der Waals surface area (Å²) in [5.41, 5.74) is 1.32. The van der Waals surface area contributed by atoms with Gasteiger partial charge in [0.1, 0.15) is 0 Å². The van der Waals surface area contributed by atoms with E-state index in [-0.39, 0.29) is 17.7 Å². The molecule has 25 heavy (non-hydrogen) atoms. The number of hydrogen-bond donors (Lipinski definition) is 1. The first-order valence-electron chi connectivity index (χ1n) is 9.43. The largest absolute Gasteiger partial charge is 0.354 e. The summed E-state index contributed by atoms with van der Waals surface area (Å²) < 4.78 is 0. The Hall–Kier alpha value is -1.88. The Balaban J connectivity index is 1.51. The van der Waals surface area contributed by atoms with E-state index in [0.29, 0.717) is 25.6 Å². The fourth-order valence-electron chi connectivity index (χ4n) is 3.85. The number of benzene rings is 1. The highest BCUT2D eigenvalue weighted by Gasteiger charge is 2.29. The second-order valence-corrected chi connectivity index (χ2v) is 7.36. The maximum Gasteiger partial charge on any atom is 0.223 e. The SMILES string of the molecule is CN1CC[C@H](C(=O)NC[C@@H]2CCCCN2Cc2ccccc2)CC1=O. The van der Waals surface area contributed by atoms with Gasteiger partial charge in [-0.25, -0.2) is 0 Å². The van der Waals surface area contributed by atoms with Gasteiger partial charge in [0.15, 0.2) is 0 Å². The van der Waals surface area contributed by atoms with E-state index in [2.05, 4.69) is 34.5 Å². The molecule has 0 unspecified atom stereocenters. The maximum absolute atomic E-state index is 12.5. The molecule has 5 nitrogen and oxygen atoms in total. The number of amides is 2. The Labute approximate surface area is 150 Å². The molecule has 1 aromatic carbocycles. The standard InChI is InChI=1S/C20H29N3O2/c1-22-12-10-17(13-19(22)24)20(25)21-14-18-9-5-6-11-23(18)15-16-7-3-2-4-8-16/h2-4,7-8,17-18H,5-6,9-15H2,1H3,(H,21,25)/t17-,18-/m0/s1. The molecule has 1 aromatic rings. The Bertz CT molecular complexity index is 590. The lowest BCUT2D eigenvalue weighted by molar-refractivity contribution is -0.139. The van der Waals surface area contributed by atoms with Gasteiger partial charge in [-0.3, -0.25) is 14.5 Å². The van der Waals surface area contributed by atoms with Gasteiger partial charge in [-0.05, 0) is 31.4 Å². The van der Waals surface area contributed by atoms with Crippen LogP contribution in [-0.4, -0.2) is 54.3 Å². The average Bonchev–Trinajstić information content (AvgIpc) is 2.64. The zero-order valence-corrected chi connectivity index (χ0v) is 15.1. The van der Waals surface area contributed by atoms with Gasteiger partial charge >= 0.3 is 0 Å². The van der Waals surface area contributed by atoms with Gasteiger partial charge in [-0.1, -0.05) is 36.8 Å². The van der Waals surface area contributed by atoms with Gasteiger partial charge in [0.2, 0.25) is 11.8 Å². The minimum atomic E-state index is -0.158. The van der Waals surface area contributed by atoms with Crippen molar-refractivity contribution in [1.82, 2.24) is 15.1 Å². The first-order valence-corrected chi connectivity index (χ1v) is 9.43. The number of hydrogen-bond acceptors (Lipinski definition) is 3. The topological polar surface area (TPSA) is 52.7 Å². The third kappa shape index (κ3) is 4.82. The highest BCUT2D eigenvalue weighted by molar-refractivity contribution is 5.86. The summed E-state index contributed by atoms with van der Waals surface area (Å²) >= 11 is 0. The van der Waals surface area contributed by atoms with Crippen LogP contribution in [-0.2, 0) is 16.1 Å². The lowest BCUT2D eigenvalue weighted by Gasteiger charge is -2.36. The first-order chi connectivity index (χ1) is 12.1. The van der Waals surface area contributed by atoms with E-state index in [4.69, 9.17) is 0 Å². The van der Waals surface area contributed by atoms with Crippen molar-refractivity contribution in [3.05, 3.63) is 35.9 Å². The number of rotatable bonds is 5. The summed E-state index contributed by atoms with van der Waals surface area (Å²) in [6, 6.07) is 10.9. The predicted molar refractivity (Wildman–Crippen MR) is 97.9 cm³/mol. The van der Waals surface area contributed by atoms with Gasteiger partial charge in [0, 0.05) is 45.1 Å². The number of carbonyl (C=O) groups is 2. The molecule has 2 amide bonds. The quantitative estimate of drug-likeness (QED) is 0.890. The highest BCUT2D eigenvalue weighted by atomic mass is 16.2. The summed E-state index contributed by atoms with van der Waals surface area (Å²) in [6.45, 7) is 3.39. The zero-order chi connectivity index (χ0) is 17.6. The Morgan fingerprint density at radius 1 is 1.16 bits per heavy atom. The third-order valence-corrected chi connectivity index (χ3v) is 5.52. The molecule has 3 rings (SSSR count). The van der Waals surface area contributed by atoms with E-state index < -0.39 is 0 Å². The molecule has 0 spiro atoms. The van der Waals surface area contributed by atoms with E-state index in [1.807, 2.05) is 6.07 Å². The first kappa shape index (κ1) is 17.9. The molecule has 5 heteroatoms. The smallest absolute Gasteiger partial charge is 0.223 e. The molecule has 0 aliphatic carbocycles. The van der Waals surface area contributed by atoms with Crippen molar-refractivity contribution in [1.29, 1.82) is 0 Å². The van der Waals surface area contributed by atoms with Crippen molar-refractivity contribution in [2.24, 2.45) is 5.92 Å². The van der Waals surface area contributed by atoms with E-state index in [0.717, 1.165) is 25.9 Å². The Morgan fingerprint density at radius 3 is 2.72 bits per heavy atom. The van der Waals surface area contributed by atoms with Crippen LogP contribution in [0.5, 0.6) is 0 Å². The van der Waals surface area contributed by atoms with Crippen LogP contribution < -0.4 is 5.32 Å². The molecule has 1 N–H and O–H groups in total. The minimum Gasteiger partial charge on any atom is -0.354 e. The summed E-state index contributed by atoms with van der Waals surface area (Å²) in [6.07, 6.45) is 4.69. The number of likely N-dealkylation sites (tertiary alicyclic amines) is 2. The summed E-state index contributed by atoms with van der Waals surface area (Å²) in [5, 5.41) is 3.12. The molecule has 2 heterocycles. The van der Waals surface area contributed by atoms with Gasteiger partial charge in [-0.2, -0.15) is 0 Å². The molecule has 2 aliphatic heterocycles. The van der Waals surface area contributed by atoms with Crippen LogP contribution in [0, 0.1) is 5.92 Å². The highest BCUT2D eigenvalue weighted by Crippen LogP contribution is 2.20. The van der Waals surface area contributed by atoms with Crippen molar-refractivity contribution >= 4 is 11.8 Å². The number of carbonyl (C=O) groups excluding carboxylic acids is 2.